The maximum absolute atomic E-state index is 11.1. The van der Waals surface area contributed by atoms with Gasteiger partial charge in [-0.15, -0.1) is 21.5 Å². The molecule has 3 rings (SSSR count). The smallest absolute Gasteiger partial charge is 0.308 e. The number of piperidine rings is 1. The van der Waals surface area contributed by atoms with E-state index in [0.717, 1.165) is 39.6 Å². The average molecular weight is 368 g/mol. The largest absolute Gasteiger partial charge is 0.481 e. The highest BCUT2D eigenvalue weighted by molar-refractivity contribution is 9.11. The Morgan fingerprint density at radius 3 is 2.81 bits per heavy atom. The van der Waals surface area contributed by atoms with Crippen LogP contribution in [0.25, 0.3) is 10.6 Å². The molecule has 7 heteroatoms. The summed E-state index contributed by atoms with van der Waals surface area (Å²) in [5.74, 6) is -0.290. The van der Waals surface area contributed by atoms with Crippen molar-refractivity contribution in [2.24, 2.45) is 5.92 Å². The van der Waals surface area contributed by atoms with Crippen molar-refractivity contribution in [3.8, 4) is 10.6 Å². The zero-order valence-corrected chi connectivity index (χ0v) is 13.6. The average Bonchev–Trinajstić information content (AvgIpc) is 2.94. The highest BCUT2D eigenvalue weighted by atomic mass is 79.9. The normalized spacial score (nSPS) is 18.7. The van der Waals surface area contributed by atoms with Crippen molar-refractivity contribution in [1.82, 2.24) is 10.2 Å². The van der Waals surface area contributed by atoms with Crippen molar-refractivity contribution in [3.63, 3.8) is 0 Å². The van der Waals surface area contributed by atoms with Gasteiger partial charge >= 0.3 is 5.97 Å². The Kier molecular flexibility index (Phi) is 4.21. The van der Waals surface area contributed by atoms with Crippen molar-refractivity contribution >= 4 is 39.1 Å². The van der Waals surface area contributed by atoms with E-state index in [0.29, 0.717) is 6.54 Å². The molecule has 1 saturated heterocycles. The first-order valence-electron chi connectivity index (χ1n) is 6.70. The molecule has 1 aliphatic heterocycles. The Bertz CT molecular complexity index is 644. The van der Waals surface area contributed by atoms with E-state index in [9.17, 15) is 4.79 Å². The van der Waals surface area contributed by atoms with Gasteiger partial charge in [0.15, 0.2) is 5.82 Å². The third-order valence-electron chi connectivity index (χ3n) is 3.57. The fraction of sp³-hybridized carbons (Fsp3) is 0.357. The van der Waals surface area contributed by atoms with E-state index in [2.05, 4.69) is 26.1 Å². The van der Waals surface area contributed by atoms with Gasteiger partial charge < -0.3 is 10.0 Å². The second kappa shape index (κ2) is 6.11. The van der Waals surface area contributed by atoms with E-state index in [-0.39, 0.29) is 5.92 Å². The molecule has 0 aliphatic carbocycles. The molecule has 1 aliphatic rings. The molecule has 2 aromatic heterocycles. The summed E-state index contributed by atoms with van der Waals surface area (Å²) in [4.78, 5) is 14.2. The Balaban J connectivity index is 1.76. The topological polar surface area (TPSA) is 66.3 Å². The van der Waals surface area contributed by atoms with Crippen LogP contribution in [0.15, 0.2) is 28.1 Å². The Morgan fingerprint density at radius 1 is 1.33 bits per heavy atom. The van der Waals surface area contributed by atoms with Crippen molar-refractivity contribution in [1.29, 1.82) is 0 Å². The van der Waals surface area contributed by atoms with Gasteiger partial charge in [0.1, 0.15) is 5.69 Å². The van der Waals surface area contributed by atoms with Crippen LogP contribution in [0, 0.1) is 5.92 Å². The predicted octanol–water partition coefficient (Wildman–Crippen LogP) is 3.27. The molecule has 21 heavy (non-hydrogen) atoms. The first-order valence-corrected chi connectivity index (χ1v) is 8.31. The molecule has 1 N–H and O–H groups in total. The van der Waals surface area contributed by atoms with Crippen molar-refractivity contribution < 1.29 is 9.90 Å². The zero-order chi connectivity index (χ0) is 14.8. The third-order valence-corrected chi connectivity index (χ3v) is 5.22. The summed E-state index contributed by atoms with van der Waals surface area (Å²) in [6.07, 6.45) is 1.61. The molecule has 0 amide bonds. The number of anilines is 1. The summed E-state index contributed by atoms with van der Waals surface area (Å²) in [7, 11) is 0. The summed E-state index contributed by atoms with van der Waals surface area (Å²) in [6.45, 7) is 1.34. The maximum atomic E-state index is 11.1. The Morgan fingerprint density at radius 2 is 2.19 bits per heavy atom. The van der Waals surface area contributed by atoms with E-state index in [4.69, 9.17) is 5.11 Å². The summed E-state index contributed by atoms with van der Waals surface area (Å²) < 4.78 is 1.06. The second-order valence-electron chi connectivity index (χ2n) is 5.00. The highest BCUT2D eigenvalue weighted by Gasteiger charge is 2.26. The number of hydrogen-bond donors (Lipinski definition) is 1. The predicted molar refractivity (Wildman–Crippen MR) is 85.6 cm³/mol. The first kappa shape index (κ1) is 14.5. The molecule has 0 radical (unpaired) electrons. The van der Waals surface area contributed by atoms with Crippen LogP contribution in [-0.2, 0) is 4.79 Å². The highest BCUT2D eigenvalue weighted by Crippen LogP contribution is 2.30. The number of hydrogen-bond acceptors (Lipinski definition) is 5. The van der Waals surface area contributed by atoms with Crippen LogP contribution >= 0.6 is 27.3 Å². The summed E-state index contributed by atoms with van der Waals surface area (Å²) in [5.41, 5.74) is 0.834. The van der Waals surface area contributed by atoms with Gasteiger partial charge in [0, 0.05) is 13.1 Å². The number of aromatic nitrogens is 2. The van der Waals surface area contributed by atoms with E-state index in [1.165, 1.54) is 0 Å². The second-order valence-corrected chi connectivity index (χ2v) is 7.47. The van der Waals surface area contributed by atoms with Crippen LogP contribution in [0.5, 0.6) is 0 Å². The number of carbonyl (C=O) groups is 1. The fourth-order valence-corrected chi connectivity index (χ4v) is 3.82. The van der Waals surface area contributed by atoms with Crippen LogP contribution in [0.4, 0.5) is 5.82 Å². The molecule has 5 nitrogen and oxygen atoms in total. The SMILES string of the molecule is O=C(O)C1CCCN(c2ccc(-c3ccc(Br)s3)nn2)C1. The molecule has 0 aromatic carbocycles. The molecule has 1 unspecified atom stereocenters. The molecule has 1 atom stereocenters. The molecule has 3 heterocycles. The van der Waals surface area contributed by atoms with Crippen LogP contribution < -0.4 is 4.90 Å². The summed E-state index contributed by atoms with van der Waals surface area (Å²) >= 11 is 5.04. The third kappa shape index (κ3) is 3.24. The standard InChI is InChI=1S/C14H14BrN3O2S/c15-12-5-4-11(21-12)10-3-6-13(17-16-10)18-7-1-2-9(8-18)14(19)20/h3-6,9H,1-2,7-8H2,(H,19,20). The van der Waals surface area contributed by atoms with E-state index in [1.54, 1.807) is 11.3 Å². The lowest BCUT2D eigenvalue weighted by atomic mass is 9.98. The number of carboxylic acids is 1. The number of rotatable bonds is 3. The van der Waals surface area contributed by atoms with Gasteiger partial charge in [0.05, 0.1) is 14.6 Å². The quantitative estimate of drug-likeness (QED) is 0.901. The number of thiophene rings is 1. The van der Waals surface area contributed by atoms with Crippen LogP contribution in [0.2, 0.25) is 0 Å². The molecule has 1 fully saturated rings. The molecule has 0 spiro atoms. The zero-order valence-electron chi connectivity index (χ0n) is 11.2. The minimum Gasteiger partial charge on any atom is -0.481 e. The summed E-state index contributed by atoms with van der Waals surface area (Å²) in [5, 5.41) is 17.6. The minimum absolute atomic E-state index is 0.312. The van der Waals surface area contributed by atoms with Crippen LogP contribution in [0.1, 0.15) is 12.8 Å². The molecule has 2 aromatic rings. The van der Waals surface area contributed by atoms with Gasteiger partial charge in [0.25, 0.3) is 0 Å². The van der Waals surface area contributed by atoms with E-state index in [1.807, 2.05) is 29.2 Å². The van der Waals surface area contributed by atoms with Gasteiger partial charge in [-0.05, 0) is 53.0 Å². The van der Waals surface area contributed by atoms with Crippen LogP contribution in [-0.4, -0.2) is 34.4 Å². The molecule has 110 valence electrons. The number of halogens is 1. The maximum Gasteiger partial charge on any atom is 0.308 e. The van der Waals surface area contributed by atoms with Crippen molar-refractivity contribution in [2.45, 2.75) is 12.8 Å². The lowest BCUT2D eigenvalue weighted by molar-refractivity contribution is -0.141. The lowest BCUT2D eigenvalue weighted by Crippen LogP contribution is -2.39. The van der Waals surface area contributed by atoms with Gasteiger partial charge in [-0.3, -0.25) is 4.79 Å². The fourth-order valence-electron chi connectivity index (χ4n) is 2.46. The Hall–Kier alpha value is -1.47. The van der Waals surface area contributed by atoms with Crippen molar-refractivity contribution in [2.75, 3.05) is 18.0 Å². The van der Waals surface area contributed by atoms with Crippen LogP contribution in [0.3, 0.4) is 0 Å². The van der Waals surface area contributed by atoms with Gasteiger partial charge in [0.2, 0.25) is 0 Å². The number of carboxylic acid groups (broad SMARTS) is 1. The van der Waals surface area contributed by atoms with Gasteiger partial charge in [-0.2, -0.15) is 0 Å². The lowest BCUT2D eigenvalue weighted by Gasteiger charge is -2.31. The Labute approximate surface area is 134 Å². The van der Waals surface area contributed by atoms with Gasteiger partial charge in [-0.25, -0.2) is 0 Å². The molecular formula is C14H14BrN3O2S. The van der Waals surface area contributed by atoms with Gasteiger partial charge in [-0.1, -0.05) is 0 Å². The molecule has 0 bridgehead atoms. The summed E-state index contributed by atoms with van der Waals surface area (Å²) in [6, 6.07) is 7.84. The first-order chi connectivity index (χ1) is 10.1. The molecule has 0 saturated carbocycles. The number of nitrogens with zero attached hydrogens (tertiary/aromatic N) is 3. The monoisotopic (exact) mass is 367 g/mol. The minimum atomic E-state index is -0.729. The molecular weight excluding hydrogens is 354 g/mol. The number of aliphatic carboxylic acids is 1. The van der Waals surface area contributed by atoms with Crippen molar-refractivity contribution in [3.05, 3.63) is 28.1 Å². The van der Waals surface area contributed by atoms with E-state index >= 15 is 0 Å². The van der Waals surface area contributed by atoms with E-state index < -0.39 is 5.97 Å².